The molecule has 0 fully saturated rings. The van der Waals surface area contributed by atoms with Crippen LogP contribution in [0.1, 0.15) is 11.4 Å². The van der Waals surface area contributed by atoms with Gasteiger partial charge in [-0.25, -0.2) is 9.97 Å². The van der Waals surface area contributed by atoms with Crippen LogP contribution in [0.5, 0.6) is 0 Å². The molecule has 4 nitrogen and oxygen atoms in total. The summed E-state index contributed by atoms with van der Waals surface area (Å²) in [6.45, 7) is 0. The van der Waals surface area contributed by atoms with E-state index in [0.717, 1.165) is 44.6 Å². The molecule has 6 rings (SSSR count). The minimum Gasteiger partial charge on any atom is -1.00 e. The number of benzene rings is 4. The zero-order valence-electron chi connectivity index (χ0n) is 21.5. The molecule has 0 atom stereocenters. The number of halogens is 2. The molecule has 209 valence electrons. The number of hydrogen-bond donors (Lipinski definition) is 0. The summed E-state index contributed by atoms with van der Waals surface area (Å²) in [5.74, 6) is 0. The molecule has 0 saturated carbocycles. The van der Waals surface area contributed by atoms with Crippen molar-refractivity contribution in [1.82, 2.24) is 0 Å². The van der Waals surface area contributed by atoms with Crippen LogP contribution in [0.15, 0.2) is 143 Å². The van der Waals surface area contributed by atoms with Crippen molar-refractivity contribution in [1.29, 1.82) is 0 Å². The number of para-hydroxylation sites is 4. The molecule has 0 spiro atoms. The number of H-pyrrole nitrogens is 2. The molecule has 0 unspecified atom stereocenters. The molecule has 41 heavy (non-hydrogen) atoms. The second-order valence-corrected chi connectivity index (χ2v) is 9.20. The van der Waals surface area contributed by atoms with Crippen molar-refractivity contribution in [3.05, 3.63) is 145 Å². The van der Waals surface area contributed by atoms with Crippen molar-refractivity contribution < 1.29 is 61.0 Å². The Morgan fingerprint density at radius 3 is 1.17 bits per heavy atom. The number of hydrogen-bond acceptors (Lipinski definition) is 4. The summed E-state index contributed by atoms with van der Waals surface area (Å²) < 4.78 is 0. The van der Waals surface area contributed by atoms with E-state index in [9.17, 15) is 0 Å². The second kappa shape index (κ2) is 17.0. The number of aromatic nitrogens is 2. The van der Waals surface area contributed by atoms with Crippen LogP contribution in [-0.4, -0.2) is 10.1 Å². The molecule has 6 aromatic rings. The summed E-state index contributed by atoms with van der Waals surface area (Å²) in [6, 6.07) is 43.7. The Labute approximate surface area is 282 Å². The first-order valence-corrected chi connectivity index (χ1v) is 12.9. The summed E-state index contributed by atoms with van der Waals surface area (Å²) in [4.78, 5) is 15.5. The quantitative estimate of drug-likeness (QED) is 0.115. The fourth-order valence-corrected chi connectivity index (χ4v) is 4.29. The van der Waals surface area contributed by atoms with Gasteiger partial charge in [0.1, 0.15) is 0 Å². The van der Waals surface area contributed by atoms with E-state index in [1.807, 2.05) is 121 Å². The largest absolute Gasteiger partial charge is 2.00 e. The van der Waals surface area contributed by atoms with Crippen molar-refractivity contribution in [3.63, 3.8) is 0 Å². The molecule has 1 radical (unpaired) electrons. The predicted molar refractivity (Wildman–Crippen MR) is 161 cm³/mol. The number of nitrogens with zero attached hydrogens (tertiary/aromatic N) is 2. The standard InChI is InChI=1S/2C16H12N2S.2BrH.Cu/c2*19-16(17-13-7-2-1-3-8-13)15-11-10-12-6-4-5-9-14(12)18-15;;;/h2*1-11H,(H,17,19);2*1H;/q;;;;+2/p-2. The molecule has 0 bridgehead atoms. The fourth-order valence-electron chi connectivity index (χ4n) is 3.84. The summed E-state index contributed by atoms with van der Waals surface area (Å²) in [5.41, 5.74) is 5.58. The Balaban J connectivity index is 0.000000267. The monoisotopic (exact) mass is 749 g/mol. The number of pyridine rings is 2. The van der Waals surface area contributed by atoms with Gasteiger partial charge >= 0.3 is 17.1 Å². The van der Waals surface area contributed by atoms with Gasteiger partial charge in [-0.2, -0.15) is 0 Å². The average Bonchev–Trinajstić information content (AvgIpc) is 2.98. The third-order valence-corrected chi connectivity index (χ3v) is 6.38. The Hall–Kier alpha value is -3.04. The van der Waals surface area contributed by atoms with Crippen molar-refractivity contribution in [2.24, 2.45) is 9.98 Å². The maximum atomic E-state index is 5.37. The van der Waals surface area contributed by atoms with Crippen LogP contribution in [0.4, 0.5) is 11.4 Å². The topological polar surface area (TPSA) is 53.0 Å². The van der Waals surface area contributed by atoms with Crippen molar-refractivity contribution >= 4 is 68.5 Å². The van der Waals surface area contributed by atoms with Crippen LogP contribution in [0, 0.1) is 0 Å². The normalized spacial score (nSPS) is 10.8. The Morgan fingerprint density at radius 2 is 0.780 bits per heavy atom. The summed E-state index contributed by atoms with van der Waals surface area (Å²) in [6.07, 6.45) is 0. The van der Waals surface area contributed by atoms with E-state index >= 15 is 0 Å². The second-order valence-electron chi connectivity index (χ2n) is 8.42. The molecular formula is C32H24Br2CuN4S2. The zero-order valence-corrected chi connectivity index (χ0v) is 27.2. The van der Waals surface area contributed by atoms with E-state index in [1.165, 1.54) is 0 Å². The van der Waals surface area contributed by atoms with E-state index in [2.05, 4.69) is 32.1 Å². The van der Waals surface area contributed by atoms with Crippen LogP contribution in [0.2, 0.25) is 0 Å². The SMILES string of the molecule is [Br-].[Br-].[Cu+2].[S-]C(=Nc1ccccc1)c1ccc2ccccc2[nH+]1.[S-]C(=Nc1ccccc1)c1ccc2ccccc2[nH+]1. The molecule has 0 aliphatic heterocycles. The van der Waals surface area contributed by atoms with E-state index in [1.54, 1.807) is 0 Å². The minimum atomic E-state index is 0. The molecule has 2 heterocycles. The molecular weight excluding hydrogens is 728 g/mol. The van der Waals surface area contributed by atoms with E-state index < -0.39 is 0 Å². The van der Waals surface area contributed by atoms with Crippen molar-refractivity contribution in [3.8, 4) is 0 Å². The maximum Gasteiger partial charge on any atom is 2.00 e. The van der Waals surface area contributed by atoms with E-state index in [4.69, 9.17) is 25.3 Å². The van der Waals surface area contributed by atoms with Gasteiger partial charge < -0.3 is 59.2 Å². The zero-order chi connectivity index (χ0) is 26.2. The Kier molecular flexibility index (Phi) is 14.2. The van der Waals surface area contributed by atoms with Gasteiger partial charge in [-0.15, -0.1) is 0 Å². The summed E-state index contributed by atoms with van der Waals surface area (Å²) >= 11 is 10.7. The van der Waals surface area contributed by atoms with Gasteiger partial charge in [0.2, 0.25) is 22.4 Å². The van der Waals surface area contributed by atoms with Gasteiger partial charge in [0, 0.05) is 35.0 Å². The first kappa shape index (κ1) is 34.2. The van der Waals surface area contributed by atoms with Crippen LogP contribution in [0.25, 0.3) is 21.8 Å². The average molecular weight is 752 g/mol. The van der Waals surface area contributed by atoms with Crippen molar-refractivity contribution in [2.75, 3.05) is 0 Å². The number of fused-ring (bicyclic) bond motifs is 2. The third kappa shape index (κ3) is 9.50. The predicted octanol–water partition coefficient (Wildman–Crippen LogP) is 0.564. The molecule has 0 aliphatic rings. The number of nitrogens with one attached hydrogen (secondary N) is 2. The van der Waals surface area contributed by atoms with Gasteiger partial charge in [0.15, 0.2) is 0 Å². The smallest absolute Gasteiger partial charge is 1.00 e. The molecule has 2 N–H and O–H groups in total. The Morgan fingerprint density at radius 1 is 0.439 bits per heavy atom. The first-order chi connectivity index (χ1) is 18.7. The molecule has 0 amide bonds. The fraction of sp³-hybridized carbons (Fsp3) is 0. The molecule has 4 aromatic carbocycles. The molecule has 0 saturated heterocycles. The third-order valence-electron chi connectivity index (χ3n) is 5.75. The maximum absolute atomic E-state index is 5.37. The van der Waals surface area contributed by atoms with Gasteiger partial charge in [-0.05, 0) is 58.6 Å². The summed E-state index contributed by atoms with van der Waals surface area (Å²) in [7, 11) is 0. The molecule has 0 aliphatic carbocycles. The van der Waals surface area contributed by atoms with Gasteiger partial charge in [0.25, 0.3) is 0 Å². The van der Waals surface area contributed by atoms with Crippen molar-refractivity contribution in [2.45, 2.75) is 0 Å². The van der Waals surface area contributed by atoms with Crippen LogP contribution in [-0.2, 0) is 42.3 Å². The van der Waals surface area contributed by atoms with Crippen LogP contribution < -0.4 is 43.9 Å². The van der Waals surface area contributed by atoms with Gasteiger partial charge in [0.05, 0.1) is 11.4 Å². The molecule has 2 aromatic heterocycles. The van der Waals surface area contributed by atoms with E-state index in [0.29, 0.717) is 10.1 Å². The first-order valence-electron chi connectivity index (χ1n) is 12.1. The Bertz CT molecular complexity index is 1620. The minimum absolute atomic E-state index is 0. The number of aromatic amines is 2. The summed E-state index contributed by atoms with van der Waals surface area (Å²) in [5, 5.41) is 3.46. The van der Waals surface area contributed by atoms with Crippen LogP contribution >= 0.6 is 0 Å². The molecule has 9 heteroatoms. The van der Waals surface area contributed by atoms with Gasteiger partial charge in [-0.3, -0.25) is 9.98 Å². The number of aliphatic imine (C=N–C) groups is 2. The van der Waals surface area contributed by atoms with Crippen LogP contribution in [0.3, 0.4) is 0 Å². The number of rotatable bonds is 4. The van der Waals surface area contributed by atoms with E-state index in [-0.39, 0.29) is 51.0 Å². The van der Waals surface area contributed by atoms with Gasteiger partial charge in [-0.1, -0.05) is 60.7 Å².